The minimum absolute atomic E-state index is 0.169. The first-order valence-electron chi connectivity index (χ1n) is 4.86. The summed E-state index contributed by atoms with van der Waals surface area (Å²) >= 11 is 0. The summed E-state index contributed by atoms with van der Waals surface area (Å²) in [6, 6.07) is 4.53. The largest absolute Gasteiger partial charge is 0.479 e. The van der Waals surface area contributed by atoms with E-state index in [1.165, 1.54) is 19.1 Å². The first-order valence-corrected chi connectivity index (χ1v) is 4.86. The van der Waals surface area contributed by atoms with Crippen LogP contribution in [0.25, 0.3) is 0 Å². The van der Waals surface area contributed by atoms with Gasteiger partial charge in [0.15, 0.2) is 0 Å². The number of hydrogen-bond acceptors (Lipinski definition) is 3. The van der Waals surface area contributed by atoms with Gasteiger partial charge >= 0.3 is 12.1 Å². The van der Waals surface area contributed by atoms with E-state index in [-0.39, 0.29) is 11.3 Å². The lowest BCUT2D eigenvalue weighted by Crippen LogP contribution is -2.08. The molecule has 0 radical (unpaired) electrons. The second-order valence-electron chi connectivity index (χ2n) is 3.42. The van der Waals surface area contributed by atoms with Crippen LogP contribution in [0.1, 0.15) is 18.1 Å². The Morgan fingerprint density at radius 1 is 1.44 bits per heavy atom. The van der Waals surface area contributed by atoms with Crippen molar-refractivity contribution >= 4 is 11.7 Å². The maximum absolute atomic E-state index is 12.4. The summed E-state index contributed by atoms with van der Waals surface area (Å²) in [7, 11) is 0. The molecular weight excluding hydrogens is 251 g/mol. The summed E-state index contributed by atoms with van der Waals surface area (Å²) < 4.78 is 37.3. The SMILES string of the molecule is C/C(=N/OCC(=O)O)c1cccc(C(F)(F)F)c1. The molecule has 7 heteroatoms. The Bertz CT molecular complexity index is 469. The number of aliphatic carboxylic acids is 1. The molecule has 0 atom stereocenters. The molecule has 0 aromatic heterocycles. The molecule has 1 aromatic carbocycles. The molecule has 0 saturated carbocycles. The molecule has 0 aliphatic rings. The standard InChI is InChI=1S/C11H10F3NO3/c1-7(15-18-6-10(16)17)8-3-2-4-9(5-8)11(12,13)14/h2-5H,6H2,1H3,(H,16,17)/b15-7-. The summed E-state index contributed by atoms with van der Waals surface area (Å²) in [6.07, 6.45) is -4.43. The van der Waals surface area contributed by atoms with Crippen LogP contribution in [-0.4, -0.2) is 23.4 Å². The number of benzene rings is 1. The Balaban J connectivity index is 2.86. The van der Waals surface area contributed by atoms with Crippen LogP contribution in [0.2, 0.25) is 0 Å². The molecule has 1 rings (SSSR count). The van der Waals surface area contributed by atoms with Gasteiger partial charge in [-0.3, -0.25) is 0 Å². The van der Waals surface area contributed by atoms with Gasteiger partial charge in [-0.25, -0.2) is 4.79 Å². The minimum Gasteiger partial charge on any atom is -0.479 e. The van der Waals surface area contributed by atoms with E-state index in [2.05, 4.69) is 9.99 Å². The molecule has 98 valence electrons. The average Bonchev–Trinajstić information content (AvgIpc) is 2.27. The molecule has 0 saturated heterocycles. The van der Waals surface area contributed by atoms with E-state index in [1.54, 1.807) is 0 Å². The lowest BCUT2D eigenvalue weighted by Gasteiger charge is -2.08. The van der Waals surface area contributed by atoms with E-state index in [4.69, 9.17) is 5.11 Å². The molecule has 0 spiro atoms. The number of carboxylic acid groups (broad SMARTS) is 1. The Labute approximate surface area is 101 Å². The van der Waals surface area contributed by atoms with Gasteiger partial charge < -0.3 is 9.94 Å². The highest BCUT2D eigenvalue weighted by Crippen LogP contribution is 2.29. The number of rotatable bonds is 4. The van der Waals surface area contributed by atoms with Crippen molar-refractivity contribution in [2.45, 2.75) is 13.1 Å². The lowest BCUT2D eigenvalue weighted by molar-refractivity contribution is -0.142. The fourth-order valence-electron chi connectivity index (χ4n) is 1.16. The zero-order valence-electron chi connectivity index (χ0n) is 9.36. The first kappa shape index (κ1) is 14.0. The molecule has 1 aromatic rings. The van der Waals surface area contributed by atoms with E-state index < -0.39 is 24.3 Å². The lowest BCUT2D eigenvalue weighted by atomic mass is 10.1. The van der Waals surface area contributed by atoms with E-state index in [9.17, 15) is 18.0 Å². The quantitative estimate of drug-likeness (QED) is 0.669. The number of carbonyl (C=O) groups is 1. The third-order valence-electron chi connectivity index (χ3n) is 2.00. The molecule has 0 aliphatic heterocycles. The van der Waals surface area contributed by atoms with Gasteiger partial charge in [-0.05, 0) is 24.6 Å². The van der Waals surface area contributed by atoms with Crippen molar-refractivity contribution in [1.29, 1.82) is 0 Å². The molecule has 0 heterocycles. The molecule has 4 nitrogen and oxygen atoms in total. The van der Waals surface area contributed by atoms with Crippen molar-refractivity contribution in [3.8, 4) is 0 Å². The van der Waals surface area contributed by atoms with Gasteiger partial charge in [0.2, 0.25) is 6.61 Å². The highest BCUT2D eigenvalue weighted by Gasteiger charge is 2.30. The Morgan fingerprint density at radius 3 is 2.67 bits per heavy atom. The molecule has 18 heavy (non-hydrogen) atoms. The van der Waals surface area contributed by atoms with Crippen molar-refractivity contribution in [3.05, 3.63) is 35.4 Å². The average molecular weight is 261 g/mol. The van der Waals surface area contributed by atoms with E-state index >= 15 is 0 Å². The summed E-state index contributed by atoms with van der Waals surface area (Å²) in [4.78, 5) is 14.6. The number of nitrogens with zero attached hydrogens (tertiary/aromatic N) is 1. The zero-order valence-corrected chi connectivity index (χ0v) is 9.36. The highest BCUT2D eigenvalue weighted by atomic mass is 19.4. The third kappa shape index (κ3) is 4.08. The van der Waals surface area contributed by atoms with Crippen LogP contribution in [-0.2, 0) is 15.8 Å². The summed E-state index contributed by atoms with van der Waals surface area (Å²) in [6.45, 7) is 0.785. The molecular formula is C11H10F3NO3. The van der Waals surface area contributed by atoms with Gasteiger partial charge in [0.25, 0.3) is 0 Å². The molecule has 0 unspecified atom stereocenters. The molecule has 0 aliphatic carbocycles. The smallest absolute Gasteiger partial charge is 0.416 e. The minimum atomic E-state index is -4.43. The number of halogens is 3. The monoisotopic (exact) mass is 261 g/mol. The van der Waals surface area contributed by atoms with Gasteiger partial charge in [-0.1, -0.05) is 17.3 Å². The van der Waals surface area contributed by atoms with Gasteiger partial charge in [-0.2, -0.15) is 13.2 Å². The maximum atomic E-state index is 12.4. The highest BCUT2D eigenvalue weighted by molar-refractivity contribution is 5.98. The second kappa shape index (κ2) is 5.52. The Kier molecular flexibility index (Phi) is 4.30. The van der Waals surface area contributed by atoms with E-state index in [1.807, 2.05) is 0 Å². The Morgan fingerprint density at radius 2 is 2.11 bits per heavy atom. The van der Waals surface area contributed by atoms with E-state index in [0.29, 0.717) is 0 Å². The summed E-state index contributed by atoms with van der Waals surface area (Å²) in [5.41, 5.74) is -0.412. The van der Waals surface area contributed by atoms with Gasteiger partial charge in [0, 0.05) is 0 Å². The van der Waals surface area contributed by atoms with Crippen molar-refractivity contribution in [1.82, 2.24) is 0 Å². The van der Waals surface area contributed by atoms with Gasteiger partial charge in [-0.15, -0.1) is 0 Å². The Hall–Kier alpha value is -2.05. The number of alkyl halides is 3. The van der Waals surface area contributed by atoms with Crippen LogP contribution in [0.4, 0.5) is 13.2 Å². The van der Waals surface area contributed by atoms with Crippen LogP contribution in [0, 0.1) is 0 Å². The maximum Gasteiger partial charge on any atom is 0.416 e. The number of carboxylic acids is 1. The molecule has 1 N–H and O–H groups in total. The molecule has 0 amide bonds. The fourth-order valence-corrected chi connectivity index (χ4v) is 1.16. The number of hydrogen-bond donors (Lipinski definition) is 1. The van der Waals surface area contributed by atoms with E-state index in [0.717, 1.165) is 12.1 Å². The van der Waals surface area contributed by atoms with Crippen LogP contribution < -0.4 is 0 Å². The van der Waals surface area contributed by atoms with Crippen LogP contribution in [0.15, 0.2) is 29.4 Å². The topological polar surface area (TPSA) is 58.9 Å². The first-order chi connectivity index (χ1) is 8.30. The predicted octanol–water partition coefficient (Wildman–Crippen LogP) is 2.53. The second-order valence-corrected chi connectivity index (χ2v) is 3.42. The fraction of sp³-hybridized carbons (Fsp3) is 0.273. The molecule has 0 fully saturated rings. The van der Waals surface area contributed by atoms with Crippen LogP contribution >= 0.6 is 0 Å². The predicted molar refractivity (Wildman–Crippen MR) is 57.2 cm³/mol. The van der Waals surface area contributed by atoms with Gasteiger partial charge in [0.05, 0.1) is 11.3 Å². The van der Waals surface area contributed by atoms with Crippen LogP contribution in [0.3, 0.4) is 0 Å². The normalized spacial score (nSPS) is 12.3. The van der Waals surface area contributed by atoms with Crippen molar-refractivity contribution in [2.75, 3.05) is 6.61 Å². The molecule has 0 bridgehead atoms. The number of oxime groups is 1. The zero-order chi connectivity index (χ0) is 13.8. The third-order valence-corrected chi connectivity index (χ3v) is 2.00. The van der Waals surface area contributed by atoms with Crippen molar-refractivity contribution in [3.63, 3.8) is 0 Å². The summed E-state index contributed by atoms with van der Waals surface area (Å²) in [5.74, 6) is -1.21. The van der Waals surface area contributed by atoms with Gasteiger partial charge in [0.1, 0.15) is 0 Å². The summed E-state index contributed by atoms with van der Waals surface area (Å²) in [5, 5.41) is 11.7. The van der Waals surface area contributed by atoms with Crippen molar-refractivity contribution < 1.29 is 27.9 Å². The van der Waals surface area contributed by atoms with Crippen LogP contribution in [0.5, 0.6) is 0 Å². The van der Waals surface area contributed by atoms with Crippen molar-refractivity contribution in [2.24, 2.45) is 5.16 Å².